The second-order valence-corrected chi connectivity index (χ2v) is 18.0. The van der Waals surface area contributed by atoms with Gasteiger partial charge in [-0.1, -0.05) is 218 Å². The average Bonchev–Trinajstić information content (AvgIpc) is 3.90. The Kier molecular flexibility index (Phi) is 9.77. The molecule has 0 bridgehead atoms. The molecular weight excluding hydrogens is 833 g/mol. The van der Waals surface area contributed by atoms with Gasteiger partial charge in [-0.25, -0.2) is 0 Å². The molecule has 0 unspecified atom stereocenters. The second kappa shape index (κ2) is 16.7. The van der Waals surface area contributed by atoms with Gasteiger partial charge in [-0.2, -0.15) is 0 Å². The number of benzene rings is 11. The fourth-order valence-corrected chi connectivity index (χ4v) is 11.3. The molecule has 0 atom stereocenters. The van der Waals surface area contributed by atoms with Crippen LogP contribution >= 0.6 is 0 Å². The van der Waals surface area contributed by atoms with E-state index in [0.717, 1.165) is 45.3 Å². The Balaban J connectivity index is 1.06. The minimum atomic E-state index is -0.586. The predicted octanol–water partition coefficient (Wildman–Crippen LogP) is 18.0. The van der Waals surface area contributed by atoms with Gasteiger partial charge < -0.3 is 9.80 Å². The highest BCUT2D eigenvalue weighted by Crippen LogP contribution is 2.66. The summed E-state index contributed by atoms with van der Waals surface area (Å²) in [6.45, 7) is 0. The molecule has 0 heterocycles. The molecule has 13 rings (SSSR count). The molecule has 0 saturated carbocycles. The first-order valence-electron chi connectivity index (χ1n) is 23.8. The quantitative estimate of drug-likeness (QED) is 0.143. The van der Waals surface area contributed by atoms with Crippen LogP contribution in [0.15, 0.2) is 279 Å². The van der Waals surface area contributed by atoms with E-state index in [4.69, 9.17) is 0 Å². The van der Waals surface area contributed by atoms with Crippen LogP contribution in [0.2, 0.25) is 0 Å². The van der Waals surface area contributed by atoms with Crippen molar-refractivity contribution >= 4 is 34.1 Å². The van der Waals surface area contributed by atoms with Crippen molar-refractivity contribution in [1.29, 1.82) is 0 Å². The number of hydrogen-bond acceptors (Lipinski definition) is 2. The largest absolute Gasteiger partial charge is 0.311 e. The lowest BCUT2D eigenvalue weighted by atomic mass is 9.69. The summed E-state index contributed by atoms with van der Waals surface area (Å²) < 4.78 is 0. The number of rotatable bonds is 9. The van der Waals surface area contributed by atoms with E-state index >= 15 is 0 Å². The third kappa shape index (κ3) is 6.56. The SMILES string of the molecule is c1ccc(-c2ccc(N(c3ccccc3)c3ccc(-c4ccc5c(c4N(c4ccccc4)c4ccc(-c6ccccc6)cc4)C4(c6ccccc6-c6ccccc64)c4ccccc4-5)cc3)cc2)cc1. The molecule has 11 aromatic rings. The maximum atomic E-state index is 2.53. The zero-order chi connectivity index (χ0) is 45.7. The van der Waals surface area contributed by atoms with Crippen molar-refractivity contribution < 1.29 is 0 Å². The van der Waals surface area contributed by atoms with Crippen molar-refractivity contribution in [3.63, 3.8) is 0 Å². The van der Waals surface area contributed by atoms with Gasteiger partial charge in [0.1, 0.15) is 0 Å². The molecule has 324 valence electrons. The normalized spacial score (nSPS) is 12.5. The Labute approximate surface area is 404 Å². The van der Waals surface area contributed by atoms with Crippen LogP contribution in [0, 0.1) is 0 Å². The molecule has 0 N–H and O–H groups in total. The fraction of sp³-hybridized carbons (Fsp3) is 0.0149. The number of para-hydroxylation sites is 2. The van der Waals surface area contributed by atoms with E-state index in [1.54, 1.807) is 0 Å². The maximum Gasteiger partial charge on any atom is 0.0746 e. The Morgan fingerprint density at radius 3 is 0.957 bits per heavy atom. The zero-order valence-electron chi connectivity index (χ0n) is 38.0. The summed E-state index contributed by atoms with van der Waals surface area (Å²) in [7, 11) is 0. The maximum absolute atomic E-state index is 2.53. The van der Waals surface area contributed by atoms with E-state index in [9.17, 15) is 0 Å². The number of hydrogen-bond donors (Lipinski definition) is 0. The molecule has 69 heavy (non-hydrogen) atoms. The van der Waals surface area contributed by atoms with E-state index in [-0.39, 0.29) is 0 Å². The standard InChI is InChI=1S/C67H46N2/c1-5-19-47(20-6-1)49-33-39-54(40-34-49)68(52-23-9-3-10-24-52)55-43-37-51(38-44-55)57-45-46-61-60-29-15-18-32-64(60)67(62-30-16-13-27-58(62)59-28-14-17-31-63(59)67)65(61)66(57)69(53-25-11-4-12-26-53)56-41-35-50(36-42-56)48-21-7-2-8-22-48/h1-46H. The van der Waals surface area contributed by atoms with E-state index in [1.807, 2.05) is 0 Å². The van der Waals surface area contributed by atoms with Crippen LogP contribution in [0.1, 0.15) is 22.3 Å². The number of nitrogens with zero attached hydrogens (tertiary/aromatic N) is 2. The minimum Gasteiger partial charge on any atom is -0.311 e. The molecule has 2 nitrogen and oxygen atoms in total. The van der Waals surface area contributed by atoms with Gasteiger partial charge in [0.25, 0.3) is 0 Å². The van der Waals surface area contributed by atoms with Crippen molar-refractivity contribution in [2.75, 3.05) is 9.80 Å². The average molecular weight is 879 g/mol. The predicted molar refractivity (Wildman–Crippen MR) is 288 cm³/mol. The lowest BCUT2D eigenvalue weighted by Crippen LogP contribution is -2.28. The topological polar surface area (TPSA) is 6.48 Å². The first-order valence-corrected chi connectivity index (χ1v) is 23.8. The molecule has 0 amide bonds. The zero-order valence-corrected chi connectivity index (χ0v) is 38.0. The van der Waals surface area contributed by atoms with Gasteiger partial charge in [-0.05, 0) is 127 Å². The monoisotopic (exact) mass is 878 g/mol. The van der Waals surface area contributed by atoms with Crippen molar-refractivity contribution in [3.8, 4) is 55.6 Å². The summed E-state index contributed by atoms with van der Waals surface area (Å²) in [6, 6.07) is 102. The Morgan fingerprint density at radius 1 is 0.203 bits per heavy atom. The molecule has 2 aliphatic rings. The Morgan fingerprint density at radius 2 is 0.507 bits per heavy atom. The summed E-state index contributed by atoms with van der Waals surface area (Å²) in [6.07, 6.45) is 0. The van der Waals surface area contributed by atoms with Crippen molar-refractivity contribution in [1.82, 2.24) is 0 Å². The molecule has 0 saturated heterocycles. The highest BCUT2D eigenvalue weighted by atomic mass is 15.2. The number of fused-ring (bicyclic) bond motifs is 10. The molecule has 11 aromatic carbocycles. The molecular formula is C67H46N2. The second-order valence-electron chi connectivity index (χ2n) is 18.0. The molecule has 1 spiro atoms. The van der Waals surface area contributed by atoms with Gasteiger partial charge in [0.05, 0.1) is 11.1 Å². The third-order valence-electron chi connectivity index (χ3n) is 14.3. The molecule has 0 fully saturated rings. The van der Waals surface area contributed by atoms with Crippen LogP contribution in [0.4, 0.5) is 34.1 Å². The smallest absolute Gasteiger partial charge is 0.0746 e. The summed E-state index contributed by atoms with van der Waals surface area (Å²) >= 11 is 0. The van der Waals surface area contributed by atoms with Gasteiger partial charge in [0.15, 0.2) is 0 Å². The van der Waals surface area contributed by atoms with Gasteiger partial charge in [-0.3, -0.25) is 0 Å². The highest BCUT2D eigenvalue weighted by molar-refractivity contribution is 6.04. The van der Waals surface area contributed by atoms with Gasteiger partial charge in [0, 0.05) is 39.6 Å². The third-order valence-corrected chi connectivity index (χ3v) is 14.3. The van der Waals surface area contributed by atoms with Crippen LogP contribution in [-0.4, -0.2) is 0 Å². The van der Waals surface area contributed by atoms with E-state index in [1.165, 1.54) is 66.8 Å². The lowest BCUT2D eigenvalue weighted by molar-refractivity contribution is 0.793. The van der Waals surface area contributed by atoms with E-state index < -0.39 is 5.41 Å². The van der Waals surface area contributed by atoms with Crippen molar-refractivity contribution in [2.45, 2.75) is 5.41 Å². The molecule has 0 aromatic heterocycles. The van der Waals surface area contributed by atoms with Gasteiger partial charge >= 0.3 is 0 Å². The van der Waals surface area contributed by atoms with E-state index in [0.29, 0.717) is 0 Å². The van der Waals surface area contributed by atoms with Crippen molar-refractivity contribution in [3.05, 3.63) is 301 Å². The Bertz CT molecular complexity index is 3560. The van der Waals surface area contributed by atoms with Crippen LogP contribution in [-0.2, 0) is 5.41 Å². The molecule has 2 aliphatic carbocycles. The number of anilines is 6. The molecule has 2 heteroatoms. The van der Waals surface area contributed by atoms with Gasteiger partial charge in [0.2, 0.25) is 0 Å². The summed E-state index contributed by atoms with van der Waals surface area (Å²) in [4.78, 5) is 4.88. The van der Waals surface area contributed by atoms with Crippen LogP contribution < -0.4 is 9.80 Å². The first kappa shape index (κ1) is 40.3. The van der Waals surface area contributed by atoms with Crippen LogP contribution in [0.5, 0.6) is 0 Å². The highest BCUT2D eigenvalue weighted by Gasteiger charge is 2.53. The molecule has 0 radical (unpaired) electrons. The van der Waals surface area contributed by atoms with Crippen LogP contribution in [0.3, 0.4) is 0 Å². The Hall–Kier alpha value is -8.98. The van der Waals surface area contributed by atoms with E-state index in [2.05, 4.69) is 289 Å². The lowest BCUT2D eigenvalue weighted by Gasteiger charge is -2.37. The van der Waals surface area contributed by atoms with Gasteiger partial charge in [-0.15, -0.1) is 0 Å². The fourth-order valence-electron chi connectivity index (χ4n) is 11.3. The summed E-state index contributed by atoms with van der Waals surface area (Å²) in [5.74, 6) is 0. The minimum absolute atomic E-state index is 0.586. The van der Waals surface area contributed by atoms with Crippen LogP contribution in [0.25, 0.3) is 55.6 Å². The summed E-state index contributed by atoms with van der Waals surface area (Å²) in [5.41, 5.74) is 23.4. The van der Waals surface area contributed by atoms with Crippen molar-refractivity contribution in [2.24, 2.45) is 0 Å². The first-order chi connectivity index (χ1) is 34.3. The summed E-state index contributed by atoms with van der Waals surface area (Å²) in [5, 5.41) is 0. The molecule has 0 aliphatic heterocycles.